The molecule has 1 fully saturated rings. The Labute approximate surface area is 111 Å². The first-order chi connectivity index (χ1) is 8.15. The van der Waals surface area contributed by atoms with E-state index in [1.807, 2.05) is 0 Å². The predicted molar refractivity (Wildman–Crippen MR) is 75.3 cm³/mol. The molecule has 104 valence electrons. The van der Waals surface area contributed by atoms with E-state index < -0.39 is 18.1 Å². The third kappa shape index (κ3) is 4.35. The summed E-state index contributed by atoms with van der Waals surface area (Å²) in [5, 5.41) is 8.75. The molecule has 5 nitrogen and oxygen atoms in total. The van der Waals surface area contributed by atoms with Crippen molar-refractivity contribution < 1.29 is 8.42 Å². The fraction of sp³-hybridized carbons (Fsp3) is 0.909. The Morgan fingerprint density at radius 2 is 2.06 bits per heavy atom. The zero-order valence-corrected chi connectivity index (χ0v) is 13.2. The van der Waals surface area contributed by atoms with Crippen LogP contribution in [0.25, 0.3) is 0 Å². The summed E-state index contributed by atoms with van der Waals surface area (Å²) in [6.07, 6.45) is 0.833. The van der Waals surface area contributed by atoms with Crippen LogP contribution in [0.5, 0.6) is 0 Å². The highest BCUT2D eigenvalue weighted by atomic mass is 32.2. The molecule has 1 aliphatic heterocycles. The minimum absolute atomic E-state index is 0.134. The highest BCUT2D eigenvalue weighted by Gasteiger charge is 2.38. The molecule has 0 radical (unpaired) electrons. The van der Waals surface area contributed by atoms with Gasteiger partial charge in [-0.3, -0.25) is 0 Å². The number of hydrogen-bond acceptors (Lipinski definition) is 4. The second kappa shape index (κ2) is 5.69. The number of sulfonamides is 1. The summed E-state index contributed by atoms with van der Waals surface area (Å²) in [6.45, 7) is 6.83. The standard InChI is InChI=1S/C11H23N3O2SSi/c1-18(2,3)7-6-17(15,16)14-9-10(13)8-11(14)4-5-12/h10-11H,4,6-9,13H2,1-3H3/t10-,11?/m0/s1. The van der Waals surface area contributed by atoms with Gasteiger partial charge in [-0.05, 0) is 12.5 Å². The third-order valence-electron chi connectivity index (χ3n) is 3.19. The highest BCUT2D eigenvalue weighted by Crippen LogP contribution is 2.24. The van der Waals surface area contributed by atoms with Gasteiger partial charge in [-0.1, -0.05) is 19.6 Å². The molecule has 2 atom stereocenters. The van der Waals surface area contributed by atoms with Crippen molar-refractivity contribution in [2.24, 2.45) is 5.73 Å². The molecule has 1 heterocycles. The normalized spacial score (nSPS) is 26.2. The SMILES string of the molecule is C[Si](C)(C)CCS(=O)(=O)N1C[C@@H](N)CC1CC#N. The molecule has 0 bridgehead atoms. The molecular weight excluding hydrogens is 266 g/mol. The molecular formula is C11H23N3O2SSi. The fourth-order valence-corrected chi connectivity index (χ4v) is 6.85. The summed E-state index contributed by atoms with van der Waals surface area (Å²) in [5.74, 6) is 0.192. The first kappa shape index (κ1) is 15.6. The summed E-state index contributed by atoms with van der Waals surface area (Å²) < 4.78 is 26.0. The molecule has 2 N–H and O–H groups in total. The van der Waals surface area contributed by atoms with Crippen molar-refractivity contribution in [2.75, 3.05) is 12.3 Å². The van der Waals surface area contributed by atoms with Crippen molar-refractivity contribution in [2.45, 2.75) is 50.6 Å². The molecule has 0 aromatic heterocycles. The first-order valence-corrected chi connectivity index (χ1v) is 11.6. The van der Waals surface area contributed by atoms with E-state index in [0.717, 1.165) is 6.04 Å². The molecule has 0 spiro atoms. The number of hydrogen-bond donors (Lipinski definition) is 1. The molecule has 0 aromatic carbocycles. The van der Waals surface area contributed by atoms with Crippen molar-refractivity contribution in [3.05, 3.63) is 0 Å². The van der Waals surface area contributed by atoms with Crippen molar-refractivity contribution >= 4 is 18.1 Å². The van der Waals surface area contributed by atoms with Gasteiger partial charge in [0, 0.05) is 26.7 Å². The van der Waals surface area contributed by atoms with E-state index in [1.54, 1.807) is 0 Å². The van der Waals surface area contributed by atoms with Gasteiger partial charge >= 0.3 is 0 Å². The average molecular weight is 289 g/mol. The van der Waals surface area contributed by atoms with Crippen LogP contribution in [0.3, 0.4) is 0 Å². The molecule has 1 unspecified atom stereocenters. The van der Waals surface area contributed by atoms with Crippen LogP contribution in [0.2, 0.25) is 25.7 Å². The minimum atomic E-state index is -3.26. The van der Waals surface area contributed by atoms with Crippen LogP contribution in [0.15, 0.2) is 0 Å². The Balaban J connectivity index is 2.75. The second-order valence-electron chi connectivity index (χ2n) is 6.21. The lowest BCUT2D eigenvalue weighted by atomic mass is 10.1. The van der Waals surface area contributed by atoms with E-state index in [2.05, 4.69) is 25.7 Å². The van der Waals surface area contributed by atoms with Crippen LogP contribution in [-0.4, -0.2) is 45.2 Å². The quantitative estimate of drug-likeness (QED) is 0.764. The Hall–Kier alpha value is -0.423. The molecule has 0 aliphatic carbocycles. The second-order valence-corrected chi connectivity index (χ2v) is 13.9. The topological polar surface area (TPSA) is 87.2 Å². The van der Waals surface area contributed by atoms with E-state index >= 15 is 0 Å². The molecule has 0 amide bonds. The van der Waals surface area contributed by atoms with Crippen LogP contribution in [0.4, 0.5) is 0 Å². The van der Waals surface area contributed by atoms with Crippen LogP contribution >= 0.6 is 0 Å². The lowest BCUT2D eigenvalue weighted by Gasteiger charge is -2.24. The van der Waals surface area contributed by atoms with Crippen molar-refractivity contribution in [1.29, 1.82) is 5.26 Å². The Morgan fingerprint density at radius 1 is 1.44 bits per heavy atom. The minimum Gasteiger partial charge on any atom is -0.326 e. The van der Waals surface area contributed by atoms with E-state index in [-0.39, 0.29) is 24.3 Å². The summed E-state index contributed by atoms with van der Waals surface area (Å²) in [7, 11) is -4.64. The molecule has 0 aromatic rings. The summed E-state index contributed by atoms with van der Waals surface area (Å²) in [6, 6.07) is 2.44. The van der Waals surface area contributed by atoms with Gasteiger partial charge in [-0.15, -0.1) is 0 Å². The van der Waals surface area contributed by atoms with Gasteiger partial charge in [-0.25, -0.2) is 8.42 Å². The van der Waals surface area contributed by atoms with Gasteiger partial charge in [0.2, 0.25) is 10.0 Å². The van der Waals surface area contributed by atoms with Gasteiger partial charge in [0.25, 0.3) is 0 Å². The van der Waals surface area contributed by atoms with Crippen LogP contribution in [-0.2, 0) is 10.0 Å². The average Bonchev–Trinajstić information content (AvgIpc) is 2.57. The first-order valence-electron chi connectivity index (χ1n) is 6.28. The predicted octanol–water partition coefficient (Wildman–Crippen LogP) is 0.970. The Bertz CT molecular complexity index is 425. The lowest BCUT2D eigenvalue weighted by molar-refractivity contribution is 0.392. The van der Waals surface area contributed by atoms with Gasteiger partial charge in [0.1, 0.15) is 0 Å². The maximum absolute atomic E-state index is 12.3. The highest BCUT2D eigenvalue weighted by molar-refractivity contribution is 7.89. The zero-order valence-electron chi connectivity index (χ0n) is 11.4. The van der Waals surface area contributed by atoms with E-state index in [0.29, 0.717) is 13.0 Å². The van der Waals surface area contributed by atoms with Crippen LogP contribution < -0.4 is 5.73 Å². The smallest absolute Gasteiger partial charge is 0.214 e. The van der Waals surface area contributed by atoms with Crippen LogP contribution in [0, 0.1) is 11.3 Å². The van der Waals surface area contributed by atoms with E-state index in [9.17, 15) is 8.42 Å². The molecule has 1 aliphatic rings. The number of nitrogens with zero attached hydrogens (tertiary/aromatic N) is 2. The number of rotatable bonds is 5. The van der Waals surface area contributed by atoms with Gasteiger partial charge in [0.05, 0.1) is 18.2 Å². The van der Waals surface area contributed by atoms with Gasteiger partial charge in [-0.2, -0.15) is 9.57 Å². The van der Waals surface area contributed by atoms with Gasteiger partial charge < -0.3 is 5.73 Å². The molecule has 1 saturated heterocycles. The summed E-state index contributed by atoms with van der Waals surface area (Å²) in [5.41, 5.74) is 5.82. The Morgan fingerprint density at radius 3 is 2.56 bits per heavy atom. The maximum atomic E-state index is 12.3. The number of nitriles is 1. The molecule has 1 rings (SSSR count). The molecule has 18 heavy (non-hydrogen) atoms. The van der Waals surface area contributed by atoms with E-state index in [4.69, 9.17) is 11.0 Å². The fourth-order valence-electron chi connectivity index (χ4n) is 2.11. The largest absolute Gasteiger partial charge is 0.326 e. The maximum Gasteiger partial charge on any atom is 0.214 e. The molecule has 0 saturated carbocycles. The van der Waals surface area contributed by atoms with E-state index in [1.165, 1.54) is 4.31 Å². The molecule has 7 heteroatoms. The summed E-state index contributed by atoms with van der Waals surface area (Å²) in [4.78, 5) is 0. The summed E-state index contributed by atoms with van der Waals surface area (Å²) >= 11 is 0. The zero-order chi connectivity index (χ0) is 14.0. The van der Waals surface area contributed by atoms with Crippen molar-refractivity contribution in [3.63, 3.8) is 0 Å². The van der Waals surface area contributed by atoms with Crippen LogP contribution in [0.1, 0.15) is 12.8 Å². The lowest BCUT2D eigenvalue weighted by Crippen LogP contribution is -2.39. The van der Waals surface area contributed by atoms with Gasteiger partial charge in [0.15, 0.2) is 0 Å². The van der Waals surface area contributed by atoms with Crippen molar-refractivity contribution in [3.8, 4) is 6.07 Å². The Kier molecular flexibility index (Phi) is 4.95. The monoisotopic (exact) mass is 289 g/mol. The third-order valence-corrected chi connectivity index (χ3v) is 7.18. The number of nitrogens with two attached hydrogens (primary N) is 1. The van der Waals surface area contributed by atoms with Crippen molar-refractivity contribution in [1.82, 2.24) is 4.31 Å².